The van der Waals surface area contributed by atoms with Gasteiger partial charge >= 0.3 is 0 Å². The van der Waals surface area contributed by atoms with Gasteiger partial charge in [-0.25, -0.2) is 0 Å². The van der Waals surface area contributed by atoms with Gasteiger partial charge in [0, 0.05) is 18.8 Å². The third-order valence-electron chi connectivity index (χ3n) is 3.58. The predicted molar refractivity (Wildman–Crippen MR) is 101 cm³/mol. The molecule has 0 heterocycles. The number of rotatable bonds is 8. The van der Waals surface area contributed by atoms with Gasteiger partial charge < -0.3 is 15.8 Å². The number of hydrogen-bond donors (Lipinski definition) is 2. The summed E-state index contributed by atoms with van der Waals surface area (Å²) < 4.78 is 5.65. The SMILES string of the molecule is Cc1cc(C)cc(NC(N)=NCCCCOCc2ccccc2)c1. The van der Waals surface area contributed by atoms with Crippen LogP contribution in [-0.2, 0) is 11.3 Å². The van der Waals surface area contributed by atoms with E-state index in [-0.39, 0.29) is 0 Å². The van der Waals surface area contributed by atoms with E-state index in [1.54, 1.807) is 0 Å². The number of unbranched alkanes of at least 4 members (excludes halogenated alkanes) is 1. The van der Waals surface area contributed by atoms with Crippen LogP contribution >= 0.6 is 0 Å². The van der Waals surface area contributed by atoms with Crippen molar-refractivity contribution in [3.63, 3.8) is 0 Å². The fourth-order valence-electron chi connectivity index (χ4n) is 2.51. The van der Waals surface area contributed by atoms with Gasteiger partial charge in [0.15, 0.2) is 5.96 Å². The molecule has 0 spiro atoms. The van der Waals surface area contributed by atoms with Crippen molar-refractivity contribution in [2.75, 3.05) is 18.5 Å². The quantitative estimate of drug-likeness (QED) is 0.438. The van der Waals surface area contributed by atoms with E-state index in [2.05, 4.69) is 54.5 Å². The first-order valence-corrected chi connectivity index (χ1v) is 8.40. The summed E-state index contributed by atoms with van der Waals surface area (Å²) in [6, 6.07) is 16.5. The van der Waals surface area contributed by atoms with Crippen molar-refractivity contribution >= 4 is 11.6 Å². The van der Waals surface area contributed by atoms with Crippen LogP contribution in [0, 0.1) is 13.8 Å². The first-order chi connectivity index (χ1) is 11.6. The Balaban J connectivity index is 1.61. The number of ether oxygens (including phenoxy) is 1. The Morgan fingerprint density at radius 2 is 1.75 bits per heavy atom. The molecule has 0 bridgehead atoms. The van der Waals surface area contributed by atoms with Crippen LogP contribution in [0.5, 0.6) is 0 Å². The number of guanidine groups is 1. The van der Waals surface area contributed by atoms with E-state index in [0.29, 0.717) is 19.1 Å². The zero-order chi connectivity index (χ0) is 17.2. The topological polar surface area (TPSA) is 59.6 Å². The van der Waals surface area contributed by atoms with Crippen LogP contribution in [0.2, 0.25) is 0 Å². The fourth-order valence-corrected chi connectivity index (χ4v) is 2.51. The lowest BCUT2D eigenvalue weighted by atomic mass is 10.1. The maximum atomic E-state index is 5.93. The minimum atomic E-state index is 0.463. The molecular formula is C20H27N3O. The molecule has 24 heavy (non-hydrogen) atoms. The molecule has 128 valence electrons. The summed E-state index contributed by atoms with van der Waals surface area (Å²) >= 11 is 0. The second kappa shape index (κ2) is 9.73. The minimum absolute atomic E-state index is 0.463. The number of benzene rings is 2. The molecule has 0 aromatic heterocycles. The summed E-state index contributed by atoms with van der Waals surface area (Å²) in [6.45, 7) is 6.26. The Kier molecular flexibility index (Phi) is 7.30. The lowest BCUT2D eigenvalue weighted by Crippen LogP contribution is -2.23. The van der Waals surface area contributed by atoms with Crippen LogP contribution in [0.25, 0.3) is 0 Å². The van der Waals surface area contributed by atoms with Gasteiger partial charge in [-0.05, 0) is 55.5 Å². The van der Waals surface area contributed by atoms with Gasteiger partial charge in [0.05, 0.1) is 6.61 Å². The van der Waals surface area contributed by atoms with Crippen molar-refractivity contribution in [3.8, 4) is 0 Å². The molecule has 0 amide bonds. The van der Waals surface area contributed by atoms with Crippen LogP contribution in [0.4, 0.5) is 5.69 Å². The zero-order valence-corrected chi connectivity index (χ0v) is 14.6. The largest absolute Gasteiger partial charge is 0.377 e. The van der Waals surface area contributed by atoms with Crippen LogP contribution in [0.15, 0.2) is 53.5 Å². The molecule has 2 aromatic carbocycles. The maximum Gasteiger partial charge on any atom is 0.193 e. The number of nitrogens with one attached hydrogen (secondary N) is 1. The third kappa shape index (κ3) is 6.84. The number of nitrogens with two attached hydrogens (primary N) is 1. The first kappa shape index (κ1) is 18.0. The summed E-state index contributed by atoms with van der Waals surface area (Å²) in [5, 5.41) is 3.14. The number of aryl methyl sites for hydroxylation is 2. The normalized spacial score (nSPS) is 11.5. The van der Waals surface area contributed by atoms with E-state index >= 15 is 0 Å². The highest BCUT2D eigenvalue weighted by atomic mass is 16.5. The Labute approximate surface area is 144 Å². The molecule has 0 radical (unpaired) electrons. The van der Waals surface area contributed by atoms with Crippen molar-refractivity contribution in [1.29, 1.82) is 0 Å². The summed E-state index contributed by atoms with van der Waals surface area (Å²) in [6.07, 6.45) is 1.94. The first-order valence-electron chi connectivity index (χ1n) is 8.40. The minimum Gasteiger partial charge on any atom is -0.377 e. The molecule has 0 atom stereocenters. The van der Waals surface area contributed by atoms with Gasteiger partial charge in [-0.3, -0.25) is 4.99 Å². The van der Waals surface area contributed by atoms with Crippen molar-refractivity contribution in [3.05, 3.63) is 65.2 Å². The lowest BCUT2D eigenvalue weighted by Gasteiger charge is -2.08. The molecule has 2 rings (SSSR count). The summed E-state index contributed by atoms with van der Waals surface area (Å²) in [7, 11) is 0. The highest BCUT2D eigenvalue weighted by Crippen LogP contribution is 2.13. The molecular weight excluding hydrogens is 298 g/mol. The molecule has 0 unspecified atom stereocenters. The number of aliphatic imine (C=N–C) groups is 1. The van der Waals surface area contributed by atoms with Crippen LogP contribution < -0.4 is 11.1 Å². The van der Waals surface area contributed by atoms with Crippen molar-refractivity contribution in [2.24, 2.45) is 10.7 Å². The summed E-state index contributed by atoms with van der Waals surface area (Å²) in [4.78, 5) is 4.36. The van der Waals surface area contributed by atoms with E-state index in [9.17, 15) is 0 Å². The van der Waals surface area contributed by atoms with Gasteiger partial charge in [0.1, 0.15) is 0 Å². The van der Waals surface area contributed by atoms with Crippen molar-refractivity contribution in [1.82, 2.24) is 0 Å². The van der Waals surface area contributed by atoms with Crippen LogP contribution in [0.1, 0.15) is 29.5 Å². The molecule has 0 fully saturated rings. The van der Waals surface area contributed by atoms with E-state index in [1.807, 2.05) is 18.2 Å². The monoisotopic (exact) mass is 325 g/mol. The molecule has 0 aliphatic heterocycles. The number of anilines is 1. The van der Waals surface area contributed by atoms with Crippen LogP contribution in [-0.4, -0.2) is 19.1 Å². The van der Waals surface area contributed by atoms with Gasteiger partial charge in [0.25, 0.3) is 0 Å². The van der Waals surface area contributed by atoms with E-state index in [0.717, 1.165) is 25.1 Å². The number of hydrogen-bond acceptors (Lipinski definition) is 2. The van der Waals surface area contributed by atoms with Gasteiger partial charge in [0.2, 0.25) is 0 Å². The smallest absolute Gasteiger partial charge is 0.193 e. The predicted octanol–water partition coefficient (Wildman–Crippen LogP) is 4.03. The van der Waals surface area contributed by atoms with E-state index in [4.69, 9.17) is 10.5 Å². The van der Waals surface area contributed by atoms with Gasteiger partial charge in [-0.2, -0.15) is 0 Å². The van der Waals surface area contributed by atoms with Crippen molar-refractivity contribution in [2.45, 2.75) is 33.3 Å². The Morgan fingerprint density at radius 1 is 1.04 bits per heavy atom. The molecule has 0 aliphatic rings. The van der Waals surface area contributed by atoms with E-state index < -0.39 is 0 Å². The molecule has 0 aliphatic carbocycles. The highest BCUT2D eigenvalue weighted by Gasteiger charge is 1.98. The average Bonchev–Trinajstić information content (AvgIpc) is 2.54. The molecule has 3 N–H and O–H groups in total. The van der Waals surface area contributed by atoms with Crippen LogP contribution in [0.3, 0.4) is 0 Å². The van der Waals surface area contributed by atoms with Gasteiger partial charge in [-0.1, -0.05) is 36.4 Å². The lowest BCUT2D eigenvalue weighted by molar-refractivity contribution is 0.117. The number of nitrogens with zero attached hydrogens (tertiary/aromatic N) is 1. The van der Waals surface area contributed by atoms with E-state index in [1.165, 1.54) is 16.7 Å². The fraction of sp³-hybridized carbons (Fsp3) is 0.350. The highest BCUT2D eigenvalue weighted by molar-refractivity contribution is 5.92. The molecule has 4 heteroatoms. The Morgan fingerprint density at radius 3 is 2.46 bits per heavy atom. The third-order valence-corrected chi connectivity index (χ3v) is 3.58. The zero-order valence-electron chi connectivity index (χ0n) is 14.6. The molecule has 0 saturated heterocycles. The summed E-state index contributed by atoms with van der Waals surface area (Å²) in [5.41, 5.74) is 10.5. The second-order valence-corrected chi connectivity index (χ2v) is 6.01. The van der Waals surface area contributed by atoms with Crippen molar-refractivity contribution < 1.29 is 4.74 Å². The molecule has 0 saturated carbocycles. The maximum absolute atomic E-state index is 5.93. The molecule has 4 nitrogen and oxygen atoms in total. The standard InChI is InChI=1S/C20H27N3O/c1-16-12-17(2)14-19(13-16)23-20(21)22-10-6-7-11-24-15-18-8-4-3-5-9-18/h3-5,8-9,12-14H,6-7,10-11,15H2,1-2H3,(H3,21,22,23). The summed E-state index contributed by atoms with van der Waals surface area (Å²) in [5.74, 6) is 0.463. The Bertz CT molecular complexity index is 633. The Hall–Kier alpha value is -2.33. The van der Waals surface area contributed by atoms with Gasteiger partial charge in [-0.15, -0.1) is 0 Å². The second-order valence-electron chi connectivity index (χ2n) is 6.01. The molecule has 2 aromatic rings. The average molecular weight is 325 g/mol.